The van der Waals surface area contributed by atoms with E-state index in [-0.39, 0.29) is 15.5 Å². The minimum absolute atomic E-state index is 0.0339. The van der Waals surface area contributed by atoms with E-state index in [1.807, 2.05) is 30.3 Å². The number of halogens is 1. The van der Waals surface area contributed by atoms with E-state index in [4.69, 9.17) is 11.6 Å². The molecule has 0 atom stereocenters. The lowest BCUT2D eigenvalue weighted by Gasteiger charge is -2.21. The lowest BCUT2D eigenvalue weighted by Crippen LogP contribution is -2.40. The highest BCUT2D eigenvalue weighted by Crippen LogP contribution is 2.24. The number of carbonyl (C=O) groups excluding carboxylic acids is 1. The van der Waals surface area contributed by atoms with Crippen molar-refractivity contribution < 1.29 is 13.2 Å². The third-order valence-electron chi connectivity index (χ3n) is 3.77. The third kappa shape index (κ3) is 5.23. The first-order valence-electron chi connectivity index (χ1n) is 8.81. The number of aromatic nitrogens is 2. The quantitative estimate of drug-likeness (QED) is 0.640. The zero-order chi connectivity index (χ0) is 21.2. The second-order valence-electron chi connectivity index (χ2n) is 7.44. The number of rotatable bonds is 5. The molecule has 0 saturated heterocycles. The van der Waals surface area contributed by atoms with Gasteiger partial charge in [0.1, 0.15) is 4.90 Å². The molecule has 0 radical (unpaired) electrons. The molecule has 0 bridgehead atoms. The van der Waals surface area contributed by atoms with E-state index in [2.05, 4.69) is 15.1 Å². The first kappa shape index (κ1) is 21.0. The van der Waals surface area contributed by atoms with Crippen molar-refractivity contribution in [3.63, 3.8) is 0 Å². The normalized spacial score (nSPS) is 12.0. The van der Waals surface area contributed by atoms with Crippen molar-refractivity contribution in [1.82, 2.24) is 14.5 Å². The molecule has 0 aliphatic rings. The number of nitrogens with one attached hydrogen (secondary N) is 2. The van der Waals surface area contributed by atoms with Crippen LogP contribution in [0, 0.1) is 0 Å². The van der Waals surface area contributed by atoms with Crippen LogP contribution in [0.4, 0.5) is 5.82 Å². The molecule has 7 nitrogen and oxygen atoms in total. The van der Waals surface area contributed by atoms with Crippen LogP contribution in [0.2, 0.25) is 5.02 Å². The number of hydrogen-bond donors (Lipinski definition) is 2. The molecule has 1 heterocycles. The lowest BCUT2D eigenvalue weighted by atomic mass is 10.1. The molecule has 0 saturated carbocycles. The SMILES string of the molecule is CC(C)(C)NS(=O)(=O)c1cc(C(=O)Nc2ccn(-c3ccccc3)n2)ccc1Cl. The molecule has 0 fully saturated rings. The number of carbonyl (C=O) groups is 1. The summed E-state index contributed by atoms with van der Waals surface area (Å²) in [5.41, 5.74) is 0.309. The van der Waals surface area contributed by atoms with Gasteiger partial charge in [0.15, 0.2) is 5.82 Å². The Morgan fingerprint density at radius 1 is 1.07 bits per heavy atom. The van der Waals surface area contributed by atoms with Crippen LogP contribution >= 0.6 is 11.6 Å². The number of para-hydroxylation sites is 1. The van der Waals surface area contributed by atoms with E-state index < -0.39 is 21.5 Å². The van der Waals surface area contributed by atoms with Gasteiger partial charge in [0.25, 0.3) is 5.91 Å². The summed E-state index contributed by atoms with van der Waals surface area (Å²) in [6.45, 7) is 5.16. The Morgan fingerprint density at radius 2 is 1.76 bits per heavy atom. The fourth-order valence-electron chi connectivity index (χ4n) is 2.61. The van der Waals surface area contributed by atoms with E-state index in [0.717, 1.165) is 5.69 Å². The van der Waals surface area contributed by atoms with Crippen molar-refractivity contribution in [2.24, 2.45) is 0 Å². The van der Waals surface area contributed by atoms with Crippen LogP contribution < -0.4 is 10.0 Å². The average Bonchev–Trinajstić information content (AvgIpc) is 3.09. The molecule has 2 aromatic carbocycles. The first-order valence-corrected chi connectivity index (χ1v) is 10.7. The van der Waals surface area contributed by atoms with Gasteiger partial charge in [-0.15, -0.1) is 0 Å². The highest BCUT2D eigenvalue weighted by Gasteiger charge is 2.25. The smallest absolute Gasteiger partial charge is 0.256 e. The van der Waals surface area contributed by atoms with Gasteiger partial charge in [-0.05, 0) is 51.1 Å². The maximum atomic E-state index is 12.6. The Labute approximate surface area is 174 Å². The minimum Gasteiger partial charge on any atom is -0.305 e. The Hall–Kier alpha value is -2.68. The molecule has 0 unspecified atom stereocenters. The number of nitrogens with zero attached hydrogens (tertiary/aromatic N) is 2. The molecule has 0 spiro atoms. The summed E-state index contributed by atoms with van der Waals surface area (Å²) in [5, 5.41) is 7.01. The van der Waals surface area contributed by atoms with Gasteiger partial charge in [-0.3, -0.25) is 4.79 Å². The highest BCUT2D eigenvalue weighted by molar-refractivity contribution is 7.89. The first-order chi connectivity index (χ1) is 13.5. The predicted molar refractivity (Wildman–Crippen MR) is 113 cm³/mol. The Morgan fingerprint density at radius 3 is 2.41 bits per heavy atom. The van der Waals surface area contributed by atoms with Crippen molar-refractivity contribution >= 4 is 33.3 Å². The fraction of sp³-hybridized carbons (Fsp3) is 0.200. The zero-order valence-electron chi connectivity index (χ0n) is 16.2. The van der Waals surface area contributed by atoms with Crippen LogP contribution in [0.5, 0.6) is 0 Å². The number of anilines is 1. The van der Waals surface area contributed by atoms with Crippen LogP contribution in [0.25, 0.3) is 5.69 Å². The fourth-order valence-corrected chi connectivity index (χ4v) is 4.56. The Balaban J connectivity index is 1.83. The van der Waals surface area contributed by atoms with Gasteiger partial charge in [0, 0.05) is 23.4 Å². The summed E-state index contributed by atoms with van der Waals surface area (Å²) in [4.78, 5) is 12.5. The number of hydrogen-bond acceptors (Lipinski definition) is 4. The van der Waals surface area contributed by atoms with Gasteiger partial charge in [0.2, 0.25) is 10.0 Å². The van der Waals surface area contributed by atoms with E-state index in [1.54, 1.807) is 37.7 Å². The van der Waals surface area contributed by atoms with Crippen molar-refractivity contribution in [3.05, 3.63) is 71.4 Å². The molecule has 3 rings (SSSR count). The van der Waals surface area contributed by atoms with Crippen LogP contribution in [-0.2, 0) is 10.0 Å². The van der Waals surface area contributed by atoms with E-state index >= 15 is 0 Å². The van der Waals surface area contributed by atoms with Gasteiger partial charge in [-0.2, -0.15) is 5.10 Å². The van der Waals surface area contributed by atoms with E-state index in [0.29, 0.717) is 5.82 Å². The van der Waals surface area contributed by atoms with Crippen LogP contribution in [-0.4, -0.2) is 29.6 Å². The molecule has 1 aromatic heterocycles. The standard InChI is InChI=1S/C20H21ClN4O3S/c1-20(2,3)24-29(27,28)17-13-14(9-10-16(17)21)19(26)22-18-11-12-25(23-18)15-7-5-4-6-8-15/h4-13,24H,1-3H3,(H,22,23,26). The molecule has 29 heavy (non-hydrogen) atoms. The van der Waals surface area contributed by atoms with Gasteiger partial charge < -0.3 is 5.32 Å². The molecular formula is C20H21ClN4O3S. The molecular weight excluding hydrogens is 412 g/mol. The maximum Gasteiger partial charge on any atom is 0.256 e. The molecule has 152 valence electrons. The monoisotopic (exact) mass is 432 g/mol. The number of amides is 1. The highest BCUT2D eigenvalue weighted by atomic mass is 35.5. The van der Waals surface area contributed by atoms with Gasteiger partial charge in [-0.1, -0.05) is 29.8 Å². The van der Waals surface area contributed by atoms with E-state index in [1.165, 1.54) is 18.2 Å². The second-order valence-corrected chi connectivity index (χ2v) is 9.49. The van der Waals surface area contributed by atoms with Crippen LogP contribution in [0.1, 0.15) is 31.1 Å². The predicted octanol–water partition coefficient (Wildman–Crippen LogP) is 3.85. The molecule has 2 N–H and O–H groups in total. The summed E-state index contributed by atoms with van der Waals surface area (Å²) < 4.78 is 29.4. The van der Waals surface area contributed by atoms with Crippen molar-refractivity contribution in [3.8, 4) is 5.69 Å². The maximum absolute atomic E-state index is 12.6. The largest absolute Gasteiger partial charge is 0.305 e. The van der Waals surface area contributed by atoms with Crippen LogP contribution in [0.15, 0.2) is 65.7 Å². The summed E-state index contributed by atoms with van der Waals surface area (Å²) in [7, 11) is -3.89. The topological polar surface area (TPSA) is 93.1 Å². The van der Waals surface area contributed by atoms with Crippen molar-refractivity contribution in [2.75, 3.05) is 5.32 Å². The van der Waals surface area contributed by atoms with Gasteiger partial charge >= 0.3 is 0 Å². The van der Waals surface area contributed by atoms with Gasteiger partial charge in [-0.25, -0.2) is 17.8 Å². The molecule has 9 heteroatoms. The zero-order valence-corrected chi connectivity index (χ0v) is 17.8. The summed E-state index contributed by atoms with van der Waals surface area (Å²) in [5.74, 6) is -0.154. The summed E-state index contributed by atoms with van der Waals surface area (Å²) >= 11 is 6.08. The molecule has 1 amide bonds. The average molecular weight is 433 g/mol. The van der Waals surface area contributed by atoms with Gasteiger partial charge in [0.05, 0.1) is 10.7 Å². The Kier molecular flexibility index (Phi) is 5.79. The third-order valence-corrected chi connectivity index (χ3v) is 6.01. The second kappa shape index (κ2) is 7.98. The summed E-state index contributed by atoms with van der Waals surface area (Å²) in [6, 6.07) is 15.2. The minimum atomic E-state index is -3.89. The Bertz CT molecular complexity index is 1140. The van der Waals surface area contributed by atoms with E-state index in [9.17, 15) is 13.2 Å². The molecule has 0 aliphatic carbocycles. The van der Waals surface area contributed by atoms with Crippen molar-refractivity contribution in [2.45, 2.75) is 31.2 Å². The number of benzene rings is 2. The van der Waals surface area contributed by atoms with Crippen molar-refractivity contribution in [1.29, 1.82) is 0 Å². The number of sulfonamides is 1. The molecule has 3 aromatic rings. The molecule has 0 aliphatic heterocycles. The summed E-state index contributed by atoms with van der Waals surface area (Å²) in [6.07, 6.45) is 1.72. The van der Waals surface area contributed by atoms with Crippen LogP contribution in [0.3, 0.4) is 0 Å². The lowest BCUT2D eigenvalue weighted by molar-refractivity contribution is 0.102.